The monoisotopic (exact) mass is 276 g/mol. The van der Waals surface area contributed by atoms with E-state index in [9.17, 15) is 9.36 Å². The average Bonchev–Trinajstić information content (AvgIpc) is 2.59. The lowest BCUT2D eigenvalue weighted by molar-refractivity contribution is 0.0689. The molecule has 7 nitrogen and oxygen atoms in total. The summed E-state index contributed by atoms with van der Waals surface area (Å²) in [6.45, 7) is 0. The average molecular weight is 277 g/mol. The van der Waals surface area contributed by atoms with E-state index in [2.05, 4.69) is 4.98 Å². The van der Waals surface area contributed by atoms with E-state index in [1.54, 1.807) is 0 Å². The number of aromatic nitrogens is 2. The lowest BCUT2D eigenvalue weighted by Crippen LogP contribution is -2.17. The highest BCUT2D eigenvalue weighted by Gasteiger charge is 2.26. The Bertz CT molecular complexity index is 661. The smallest absolute Gasteiger partial charge is 0.374 e. The van der Waals surface area contributed by atoms with Gasteiger partial charge in [-0.2, -0.15) is 0 Å². The van der Waals surface area contributed by atoms with E-state index in [-0.39, 0.29) is 10.7 Å². The Morgan fingerprint density at radius 1 is 1.41 bits per heavy atom. The van der Waals surface area contributed by atoms with Gasteiger partial charge in [0.15, 0.2) is 11.1 Å². The second-order valence-electron chi connectivity index (χ2n) is 3.19. The summed E-state index contributed by atoms with van der Waals surface area (Å²) in [4.78, 5) is 32.9. The Kier molecular flexibility index (Phi) is 2.71. The number of carboxylic acid groups (broad SMARTS) is 1. The number of fused-ring (bicyclic) bond motifs is 1. The number of hydrogen-bond donors (Lipinski definition) is 3. The van der Waals surface area contributed by atoms with E-state index < -0.39 is 24.7 Å². The highest BCUT2D eigenvalue weighted by molar-refractivity contribution is 7.60. The van der Waals surface area contributed by atoms with Crippen molar-refractivity contribution >= 4 is 36.2 Å². The van der Waals surface area contributed by atoms with Gasteiger partial charge < -0.3 is 14.9 Å². The summed E-state index contributed by atoms with van der Waals surface area (Å²) in [6, 6.07) is 2.67. The number of rotatable bonds is 2. The summed E-state index contributed by atoms with van der Waals surface area (Å²) in [7, 11) is -4.62. The third-order valence-corrected chi connectivity index (χ3v) is 3.32. The number of hydrogen-bond acceptors (Lipinski definition) is 3. The summed E-state index contributed by atoms with van der Waals surface area (Å²) in [5.74, 6) is -1.40. The summed E-state index contributed by atoms with van der Waals surface area (Å²) in [5, 5.41) is 8.86. The minimum absolute atomic E-state index is 0.102. The van der Waals surface area contributed by atoms with Crippen LogP contribution in [0.15, 0.2) is 18.3 Å². The molecule has 9 heteroatoms. The van der Waals surface area contributed by atoms with Crippen LogP contribution in [0.2, 0.25) is 5.02 Å². The number of aromatic carboxylic acids is 1. The third-order valence-electron chi connectivity index (χ3n) is 2.10. The van der Waals surface area contributed by atoms with E-state index in [0.717, 1.165) is 10.6 Å². The highest BCUT2D eigenvalue weighted by Crippen LogP contribution is 2.34. The largest absolute Gasteiger partial charge is 0.477 e. The summed E-state index contributed by atoms with van der Waals surface area (Å²) < 4.78 is 12.0. The molecule has 0 amide bonds. The van der Waals surface area contributed by atoms with Gasteiger partial charge in [-0.3, -0.25) is 8.97 Å². The molecule has 2 aromatic rings. The van der Waals surface area contributed by atoms with Crippen molar-refractivity contribution in [2.45, 2.75) is 0 Å². The molecule has 0 aliphatic carbocycles. The number of nitrogens with zero attached hydrogens (tertiary/aromatic N) is 2. The fourth-order valence-electron chi connectivity index (χ4n) is 1.44. The van der Waals surface area contributed by atoms with Gasteiger partial charge in [-0.05, 0) is 12.1 Å². The quantitative estimate of drug-likeness (QED) is 0.688. The van der Waals surface area contributed by atoms with Gasteiger partial charge in [0.2, 0.25) is 0 Å². The first-order valence-electron chi connectivity index (χ1n) is 4.27. The molecule has 0 aliphatic rings. The van der Waals surface area contributed by atoms with Crippen LogP contribution in [0.25, 0.3) is 5.65 Å². The van der Waals surface area contributed by atoms with Crippen LogP contribution in [0.5, 0.6) is 0 Å². The standard InChI is InChI=1S/C8H6ClN2O5P/c9-4-1-2-5-10-3-6(17(14,15)16)11(5)7(4)8(12)13/h1-3H,(H,12,13)(H2,14,15,16). The molecular weight excluding hydrogens is 271 g/mol. The van der Waals surface area contributed by atoms with Crippen LogP contribution < -0.4 is 5.44 Å². The van der Waals surface area contributed by atoms with E-state index >= 15 is 0 Å². The van der Waals surface area contributed by atoms with Crippen molar-refractivity contribution in [2.24, 2.45) is 0 Å². The zero-order chi connectivity index (χ0) is 12.8. The van der Waals surface area contributed by atoms with Crippen LogP contribution in [0, 0.1) is 0 Å². The molecule has 0 saturated heterocycles. The molecule has 0 radical (unpaired) electrons. The fraction of sp³-hybridized carbons (Fsp3) is 0. The van der Waals surface area contributed by atoms with Gasteiger partial charge in [-0.25, -0.2) is 9.78 Å². The number of carbonyl (C=O) groups is 1. The lowest BCUT2D eigenvalue weighted by Gasteiger charge is -2.07. The van der Waals surface area contributed by atoms with Crippen molar-refractivity contribution in [3.8, 4) is 0 Å². The van der Waals surface area contributed by atoms with Gasteiger partial charge in [0, 0.05) is 0 Å². The summed E-state index contributed by atoms with van der Waals surface area (Å²) >= 11 is 5.69. The highest BCUT2D eigenvalue weighted by atomic mass is 35.5. The maximum atomic E-state index is 11.2. The van der Waals surface area contributed by atoms with Crippen molar-refractivity contribution < 1.29 is 24.3 Å². The second kappa shape index (κ2) is 3.82. The SMILES string of the molecule is O=C(O)c1c(Cl)ccc2ncc(P(=O)(O)O)n12. The first-order valence-corrected chi connectivity index (χ1v) is 6.27. The molecule has 2 aromatic heterocycles. The molecule has 0 unspecified atom stereocenters. The first kappa shape index (κ1) is 12.1. The molecule has 0 spiro atoms. The number of halogens is 1. The molecular formula is C8H6ClN2O5P. The van der Waals surface area contributed by atoms with Crippen molar-refractivity contribution in [3.63, 3.8) is 0 Å². The van der Waals surface area contributed by atoms with Gasteiger partial charge in [0.05, 0.1) is 11.2 Å². The van der Waals surface area contributed by atoms with E-state index in [0.29, 0.717) is 0 Å². The van der Waals surface area contributed by atoms with Gasteiger partial charge in [-0.15, -0.1) is 0 Å². The van der Waals surface area contributed by atoms with E-state index in [4.69, 9.17) is 26.5 Å². The van der Waals surface area contributed by atoms with Gasteiger partial charge in [0.1, 0.15) is 5.65 Å². The normalized spacial score (nSPS) is 11.9. The second-order valence-corrected chi connectivity index (χ2v) is 5.14. The molecule has 0 saturated carbocycles. The number of imidazole rings is 1. The lowest BCUT2D eigenvalue weighted by atomic mass is 10.3. The minimum Gasteiger partial charge on any atom is -0.477 e. The Morgan fingerprint density at radius 2 is 2.06 bits per heavy atom. The first-order chi connectivity index (χ1) is 7.82. The van der Waals surface area contributed by atoms with Gasteiger partial charge in [-0.1, -0.05) is 11.6 Å². The Balaban J connectivity index is 2.96. The summed E-state index contributed by atoms with van der Waals surface area (Å²) in [5.41, 5.74) is -0.836. The maximum absolute atomic E-state index is 11.2. The van der Waals surface area contributed by atoms with Crippen molar-refractivity contribution in [2.75, 3.05) is 0 Å². The van der Waals surface area contributed by atoms with Crippen molar-refractivity contribution in [3.05, 3.63) is 29.0 Å². The molecule has 17 heavy (non-hydrogen) atoms. The molecule has 2 heterocycles. The molecule has 90 valence electrons. The zero-order valence-electron chi connectivity index (χ0n) is 8.11. The van der Waals surface area contributed by atoms with Crippen molar-refractivity contribution in [1.29, 1.82) is 0 Å². The predicted molar refractivity (Wildman–Crippen MR) is 58.8 cm³/mol. The van der Waals surface area contributed by atoms with Crippen LogP contribution in [-0.2, 0) is 4.57 Å². The van der Waals surface area contributed by atoms with Crippen LogP contribution >= 0.6 is 19.2 Å². The molecule has 3 N–H and O–H groups in total. The predicted octanol–water partition coefficient (Wildman–Crippen LogP) is 0.489. The topological polar surface area (TPSA) is 112 Å². The molecule has 0 fully saturated rings. The van der Waals surface area contributed by atoms with Crippen LogP contribution in [0.3, 0.4) is 0 Å². The van der Waals surface area contributed by atoms with Crippen LogP contribution in [-0.4, -0.2) is 30.2 Å². The van der Waals surface area contributed by atoms with E-state index in [1.165, 1.54) is 12.1 Å². The minimum atomic E-state index is -4.62. The molecule has 0 atom stereocenters. The maximum Gasteiger partial charge on any atom is 0.374 e. The molecule has 2 rings (SSSR count). The van der Waals surface area contributed by atoms with Crippen LogP contribution in [0.4, 0.5) is 0 Å². The zero-order valence-corrected chi connectivity index (χ0v) is 9.76. The number of pyridine rings is 1. The molecule has 0 aromatic carbocycles. The van der Waals surface area contributed by atoms with Gasteiger partial charge >= 0.3 is 13.6 Å². The summed E-state index contributed by atoms with van der Waals surface area (Å²) in [6.07, 6.45) is 0.929. The molecule has 0 aliphatic heterocycles. The molecule has 0 bridgehead atoms. The Labute approximate surface area is 99.4 Å². The fourth-order valence-corrected chi connectivity index (χ4v) is 2.34. The van der Waals surface area contributed by atoms with Gasteiger partial charge in [0.25, 0.3) is 0 Å². The van der Waals surface area contributed by atoms with E-state index in [1.807, 2.05) is 0 Å². The third kappa shape index (κ3) is 1.94. The Morgan fingerprint density at radius 3 is 2.59 bits per heavy atom. The van der Waals surface area contributed by atoms with Crippen LogP contribution in [0.1, 0.15) is 10.5 Å². The Hall–Kier alpha value is -1.40. The van der Waals surface area contributed by atoms with Crippen molar-refractivity contribution in [1.82, 2.24) is 9.38 Å². The number of carboxylic acids is 1.